The van der Waals surface area contributed by atoms with Crippen molar-refractivity contribution in [2.45, 2.75) is 26.2 Å². The lowest BCUT2D eigenvalue weighted by Gasteiger charge is -2.11. The van der Waals surface area contributed by atoms with Crippen LogP contribution in [0.3, 0.4) is 0 Å². The Labute approximate surface area is 193 Å². The van der Waals surface area contributed by atoms with E-state index in [0.29, 0.717) is 24.0 Å². The van der Waals surface area contributed by atoms with E-state index in [0.717, 1.165) is 39.0 Å². The molecule has 7 heteroatoms. The van der Waals surface area contributed by atoms with Crippen molar-refractivity contribution < 1.29 is 0 Å². The van der Waals surface area contributed by atoms with Crippen molar-refractivity contribution in [1.29, 1.82) is 0 Å². The maximum Gasteiger partial charge on any atom is 0.154 e. The summed E-state index contributed by atoms with van der Waals surface area (Å²) in [5.41, 5.74) is 12.7. The van der Waals surface area contributed by atoms with Crippen molar-refractivity contribution in [1.82, 2.24) is 20.2 Å². The van der Waals surface area contributed by atoms with E-state index < -0.39 is 0 Å². The molecular weight excluding hydrogens is 410 g/mol. The van der Waals surface area contributed by atoms with Gasteiger partial charge >= 0.3 is 0 Å². The zero-order valence-corrected chi connectivity index (χ0v) is 19.0. The first-order valence-corrected chi connectivity index (χ1v) is 10.8. The summed E-state index contributed by atoms with van der Waals surface area (Å²) >= 11 is 0. The second-order valence-corrected chi connectivity index (χ2v) is 8.10. The number of fused-ring (bicyclic) bond motifs is 1. The van der Waals surface area contributed by atoms with Gasteiger partial charge in [0.15, 0.2) is 5.82 Å². The van der Waals surface area contributed by atoms with Crippen LogP contribution in [0.4, 0.5) is 11.6 Å². The van der Waals surface area contributed by atoms with Gasteiger partial charge in [-0.25, -0.2) is 4.98 Å². The van der Waals surface area contributed by atoms with E-state index in [1.54, 1.807) is 19.5 Å². The summed E-state index contributed by atoms with van der Waals surface area (Å²) < 4.78 is 0. The third-order valence-corrected chi connectivity index (χ3v) is 5.29. The largest absolute Gasteiger partial charge is 0.401 e. The van der Waals surface area contributed by atoms with Crippen molar-refractivity contribution in [3.8, 4) is 0 Å². The van der Waals surface area contributed by atoms with Gasteiger partial charge in [-0.15, -0.1) is 5.10 Å². The maximum absolute atomic E-state index is 6.50. The highest BCUT2D eigenvalue weighted by Gasteiger charge is 2.10. The van der Waals surface area contributed by atoms with Crippen LogP contribution in [0.2, 0.25) is 0 Å². The summed E-state index contributed by atoms with van der Waals surface area (Å²) in [6.45, 7) is 4.24. The second-order valence-electron chi connectivity index (χ2n) is 8.10. The fraction of sp³-hybridized carbons (Fsp3) is 0.192. The molecule has 0 aliphatic rings. The Kier molecular flexibility index (Phi) is 6.69. The Balaban J connectivity index is 1.67. The van der Waals surface area contributed by atoms with Crippen LogP contribution in [0.1, 0.15) is 36.5 Å². The molecule has 0 aliphatic heterocycles. The van der Waals surface area contributed by atoms with Crippen LogP contribution in [-0.2, 0) is 6.42 Å². The Morgan fingerprint density at radius 3 is 2.61 bits per heavy atom. The molecular formula is C26H27N7. The molecule has 0 amide bonds. The number of allylic oxidation sites excluding steroid dienone is 2. The first kappa shape index (κ1) is 22.1. The third-order valence-electron chi connectivity index (χ3n) is 5.29. The number of aliphatic imine (C=N–C) groups is 1. The number of hydrogen-bond acceptors (Lipinski definition) is 7. The number of benzene rings is 1. The van der Waals surface area contributed by atoms with Gasteiger partial charge in [0.2, 0.25) is 0 Å². The molecule has 0 aliphatic carbocycles. The molecule has 0 radical (unpaired) electrons. The van der Waals surface area contributed by atoms with Crippen molar-refractivity contribution in [2.24, 2.45) is 10.7 Å². The average molecular weight is 438 g/mol. The number of rotatable bonds is 7. The summed E-state index contributed by atoms with van der Waals surface area (Å²) in [7, 11) is 1.73. The molecule has 0 spiro atoms. The molecule has 0 fully saturated rings. The molecule has 0 bridgehead atoms. The average Bonchev–Trinajstić information content (AvgIpc) is 2.83. The van der Waals surface area contributed by atoms with Crippen LogP contribution < -0.4 is 11.1 Å². The normalized spacial score (nSPS) is 12.4. The van der Waals surface area contributed by atoms with Gasteiger partial charge < -0.3 is 11.1 Å². The maximum atomic E-state index is 6.50. The van der Waals surface area contributed by atoms with E-state index >= 15 is 0 Å². The van der Waals surface area contributed by atoms with Crippen LogP contribution in [-0.4, -0.2) is 33.4 Å². The lowest BCUT2D eigenvalue weighted by molar-refractivity contribution is 0.843. The van der Waals surface area contributed by atoms with Crippen molar-refractivity contribution in [3.63, 3.8) is 0 Å². The summed E-state index contributed by atoms with van der Waals surface area (Å²) in [5, 5.41) is 11.5. The fourth-order valence-corrected chi connectivity index (χ4v) is 3.50. The SMILES string of the molecule is CN=CC(=C(N)Cc1ccccc1)c1cnc2ccc(Nc3cc(C(C)C)cnn3)nc2c1. The van der Waals surface area contributed by atoms with E-state index in [4.69, 9.17) is 10.7 Å². The van der Waals surface area contributed by atoms with Crippen LogP contribution in [0.5, 0.6) is 0 Å². The molecule has 0 saturated carbocycles. The number of pyridine rings is 2. The summed E-state index contributed by atoms with van der Waals surface area (Å²) in [4.78, 5) is 13.5. The Bertz CT molecular complexity index is 1310. The highest BCUT2D eigenvalue weighted by atomic mass is 15.2. The van der Waals surface area contributed by atoms with Gasteiger partial charge in [0.25, 0.3) is 0 Å². The third kappa shape index (κ3) is 5.38. The van der Waals surface area contributed by atoms with Gasteiger partial charge in [-0.3, -0.25) is 9.98 Å². The molecule has 166 valence electrons. The molecule has 0 unspecified atom stereocenters. The molecule has 3 heterocycles. The number of anilines is 2. The van der Waals surface area contributed by atoms with Gasteiger partial charge in [-0.05, 0) is 41.3 Å². The zero-order chi connectivity index (χ0) is 23.2. The van der Waals surface area contributed by atoms with E-state index in [1.807, 2.05) is 48.7 Å². The highest BCUT2D eigenvalue weighted by Crippen LogP contribution is 2.23. The fourth-order valence-electron chi connectivity index (χ4n) is 3.50. The smallest absolute Gasteiger partial charge is 0.154 e. The minimum atomic E-state index is 0.365. The molecule has 7 nitrogen and oxygen atoms in total. The topological polar surface area (TPSA) is 102 Å². The summed E-state index contributed by atoms with van der Waals surface area (Å²) in [6.07, 6.45) is 5.99. The number of nitrogens with one attached hydrogen (secondary N) is 1. The van der Waals surface area contributed by atoms with Crippen molar-refractivity contribution >= 4 is 34.5 Å². The first-order valence-electron chi connectivity index (χ1n) is 10.8. The number of nitrogens with two attached hydrogens (primary N) is 1. The van der Waals surface area contributed by atoms with Crippen LogP contribution >= 0.6 is 0 Å². The predicted octanol–water partition coefficient (Wildman–Crippen LogP) is 4.90. The molecule has 1 aromatic carbocycles. The molecule has 4 aromatic rings. The monoisotopic (exact) mass is 437 g/mol. The van der Waals surface area contributed by atoms with Crippen molar-refractivity contribution in [2.75, 3.05) is 12.4 Å². The number of hydrogen-bond donors (Lipinski definition) is 2. The van der Waals surface area contributed by atoms with Gasteiger partial charge in [0, 0.05) is 42.7 Å². The van der Waals surface area contributed by atoms with E-state index in [-0.39, 0.29) is 0 Å². The second kappa shape index (κ2) is 9.99. The lowest BCUT2D eigenvalue weighted by Crippen LogP contribution is -2.07. The van der Waals surface area contributed by atoms with E-state index in [9.17, 15) is 0 Å². The Morgan fingerprint density at radius 2 is 1.85 bits per heavy atom. The lowest BCUT2D eigenvalue weighted by atomic mass is 10.0. The van der Waals surface area contributed by atoms with Crippen LogP contribution in [0, 0.1) is 0 Å². The molecule has 0 atom stereocenters. The van der Waals surface area contributed by atoms with E-state index in [1.165, 1.54) is 0 Å². The quantitative estimate of drug-likeness (QED) is 0.399. The predicted molar refractivity (Wildman–Crippen MR) is 135 cm³/mol. The molecule has 4 rings (SSSR count). The van der Waals surface area contributed by atoms with Gasteiger partial charge in [-0.1, -0.05) is 44.2 Å². The summed E-state index contributed by atoms with van der Waals surface area (Å²) in [5.74, 6) is 1.69. The zero-order valence-electron chi connectivity index (χ0n) is 19.0. The molecule has 33 heavy (non-hydrogen) atoms. The van der Waals surface area contributed by atoms with Gasteiger partial charge in [0.05, 0.1) is 17.2 Å². The summed E-state index contributed by atoms with van der Waals surface area (Å²) in [6, 6.07) is 17.9. The minimum Gasteiger partial charge on any atom is -0.401 e. The Hall–Kier alpha value is -4.13. The van der Waals surface area contributed by atoms with Gasteiger partial charge in [-0.2, -0.15) is 5.10 Å². The minimum absolute atomic E-state index is 0.365. The van der Waals surface area contributed by atoms with Crippen LogP contribution in [0.25, 0.3) is 16.6 Å². The van der Waals surface area contributed by atoms with Crippen molar-refractivity contribution in [3.05, 3.63) is 89.4 Å². The van der Waals surface area contributed by atoms with Crippen LogP contribution in [0.15, 0.2) is 77.7 Å². The number of nitrogens with zero attached hydrogens (tertiary/aromatic N) is 5. The first-order chi connectivity index (χ1) is 16.0. The van der Waals surface area contributed by atoms with Gasteiger partial charge in [0.1, 0.15) is 5.82 Å². The molecule has 0 saturated heterocycles. The molecule has 3 aromatic heterocycles. The number of aromatic nitrogens is 4. The Morgan fingerprint density at radius 1 is 1.03 bits per heavy atom. The molecule has 3 N–H and O–H groups in total. The standard InChI is InChI=1S/C26H27N7/c1-17(2)19-13-26(33-30-15-19)32-25-10-9-23-24(31-25)12-20(14-29-23)21(16-28-3)22(27)11-18-7-5-4-6-8-18/h4-10,12-17H,11,27H2,1-3H3,(H,31,32,33). The van der Waals surface area contributed by atoms with E-state index in [2.05, 4.69) is 51.5 Å². The highest BCUT2D eigenvalue weighted by molar-refractivity contribution is 6.11.